The predicted molar refractivity (Wildman–Crippen MR) is 87.8 cm³/mol. The van der Waals surface area contributed by atoms with E-state index in [4.69, 9.17) is 10.5 Å². The van der Waals surface area contributed by atoms with Gasteiger partial charge in [-0.25, -0.2) is 9.59 Å². The molecule has 0 radical (unpaired) electrons. The molecule has 0 aliphatic heterocycles. The van der Waals surface area contributed by atoms with E-state index in [-0.39, 0.29) is 5.56 Å². The van der Waals surface area contributed by atoms with Gasteiger partial charge < -0.3 is 20.4 Å². The Kier molecular flexibility index (Phi) is 5.51. The number of carbonyl (C=O) groups is 4. The van der Waals surface area contributed by atoms with Crippen molar-refractivity contribution in [3.63, 3.8) is 0 Å². The Labute approximate surface area is 142 Å². The summed E-state index contributed by atoms with van der Waals surface area (Å²) >= 11 is 0. The number of urea groups is 1. The van der Waals surface area contributed by atoms with Crippen LogP contribution in [0.15, 0.2) is 42.6 Å². The van der Waals surface area contributed by atoms with E-state index in [9.17, 15) is 19.2 Å². The summed E-state index contributed by atoms with van der Waals surface area (Å²) in [5.74, 6) is -2.07. The molecule has 0 aliphatic carbocycles. The molecule has 25 heavy (non-hydrogen) atoms. The van der Waals surface area contributed by atoms with E-state index in [1.165, 1.54) is 24.3 Å². The lowest BCUT2D eigenvalue weighted by molar-refractivity contribution is -0.123. The van der Waals surface area contributed by atoms with Gasteiger partial charge >= 0.3 is 12.0 Å². The molecule has 4 N–H and O–H groups in total. The molecule has 0 bridgehead atoms. The van der Waals surface area contributed by atoms with Crippen LogP contribution in [0.1, 0.15) is 20.8 Å². The standard InChI is InChI=1S/C16H16N4O5/c1-20-8-2-3-12(20)14(22)19-13(21)9-25-15(23)10-4-6-11(7-5-10)18-16(17)24/h2-8H,9H2,1H3,(H3,17,18,24)(H,19,21,22). The third-order valence-corrected chi connectivity index (χ3v) is 3.15. The number of nitrogens with one attached hydrogen (secondary N) is 2. The van der Waals surface area contributed by atoms with Crippen LogP contribution in [0.3, 0.4) is 0 Å². The maximum atomic E-state index is 11.8. The van der Waals surface area contributed by atoms with Crippen molar-refractivity contribution >= 4 is 29.5 Å². The summed E-state index contributed by atoms with van der Waals surface area (Å²) in [5, 5.41) is 4.47. The van der Waals surface area contributed by atoms with Crippen LogP contribution in [0, 0.1) is 0 Å². The molecule has 130 valence electrons. The van der Waals surface area contributed by atoms with Gasteiger partial charge in [0.1, 0.15) is 5.69 Å². The number of nitrogens with zero attached hydrogens (tertiary/aromatic N) is 1. The van der Waals surface area contributed by atoms with Gasteiger partial charge in [-0.1, -0.05) is 0 Å². The zero-order valence-corrected chi connectivity index (χ0v) is 13.3. The highest BCUT2D eigenvalue weighted by Crippen LogP contribution is 2.10. The van der Waals surface area contributed by atoms with Crippen molar-refractivity contribution in [3.8, 4) is 0 Å². The minimum absolute atomic E-state index is 0.177. The number of hydrogen-bond donors (Lipinski definition) is 3. The summed E-state index contributed by atoms with van der Waals surface area (Å²) in [5.41, 5.74) is 5.86. The molecule has 0 saturated heterocycles. The molecule has 2 aromatic rings. The van der Waals surface area contributed by atoms with E-state index in [0.29, 0.717) is 11.4 Å². The number of aryl methyl sites for hydroxylation is 1. The summed E-state index contributed by atoms with van der Waals surface area (Å²) in [7, 11) is 1.66. The van der Waals surface area contributed by atoms with Crippen LogP contribution >= 0.6 is 0 Å². The molecule has 1 heterocycles. The van der Waals surface area contributed by atoms with Crippen molar-refractivity contribution in [1.29, 1.82) is 0 Å². The maximum absolute atomic E-state index is 11.8. The topological polar surface area (TPSA) is 133 Å². The second-order valence-electron chi connectivity index (χ2n) is 5.02. The number of anilines is 1. The second kappa shape index (κ2) is 7.77. The van der Waals surface area contributed by atoms with Gasteiger partial charge in [0.25, 0.3) is 11.8 Å². The first kappa shape index (κ1) is 17.7. The first-order chi connectivity index (χ1) is 11.9. The molecule has 9 heteroatoms. The number of esters is 1. The Morgan fingerprint density at radius 3 is 2.36 bits per heavy atom. The summed E-state index contributed by atoms with van der Waals surface area (Å²) in [6.45, 7) is -0.601. The van der Waals surface area contributed by atoms with E-state index in [2.05, 4.69) is 10.6 Å². The van der Waals surface area contributed by atoms with Crippen LogP contribution in [0.25, 0.3) is 0 Å². The van der Waals surface area contributed by atoms with Gasteiger partial charge in [0.05, 0.1) is 5.56 Å². The number of ether oxygens (including phenoxy) is 1. The number of imide groups is 1. The second-order valence-corrected chi connectivity index (χ2v) is 5.02. The van der Waals surface area contributed by atoms with E-state index in [1.807, 2.05) is 0 Å². The number of hydrogen-bond acceptors (Lipinski definition) is 5. The highest BCUT2D eigenvalue weighted by molar-refractivity contribution is 6.04. The molecule has 1 aromatic carbocycles. The lowest BCUT2D eigenvalue weighted by Gasteiger charge is -2.07. The number of benzene rings is 1. The van der Waals surface area contributed by atoms with Crippen LogP contribution < -0.4 is 16.4 Å². The van der Waals surface area contributed by atoms with E-state index >= 15 is 0 Å². The molecule has 0 atom stereocenters. The van der Waals surface area contributed by atoms with Gasteiger partial charge in [0, 0.05) is 18.9 Å². The lowest BCUT2D eigenvalue weighted by atomic mass is 10.2. The quantitative estimate of drug-likeness (QED) is 0.684. The summed E-state index contributed by atoms with van der Waals surface area (Å²) in [4.78, 5) is 46.1. The molecule has 0 aliphatic rings. The Morgan fingerprint density at radius 2 is 1.80 bits per heavy atom. The van der Waals surface area contributed by atoms with Crippen molar-refractivity contribution in [3.05, 3.63) is 53.9 Å². The minimum Gasteiger partial charge on any atom is -0.452 e. The molecule has 1 aromatic heterocycles. The van der Waals surface area contributed by atoms with Crippen LogP contribution in [0.4, 0.5) is 10.5 Å². The number of rotatable bonds is 5. The first-order valence-corrected chi connectivity index (χ1v) is 7.16. The Hall–Kier alpha value is -3.62. The molecule has 2 rings (SSSR count). The number of carbonyl (C=O) groups excluding carboxylic acids is 4. The van der Waals surface area contributed by atoms with Crippen LogP contribution in [0.2, 0.25) is 0 Å². The number of primary amides is 1. The average molecular weight is 344 g/mol. The van der Waals surface area contributed by atoms with E-state index in [1.54, 1.807) is 29.9 Å². The van der Waals surface area contributed by atoms with E-state index in [0.717, 1.165) is 0 Å². The highest BCUT2D eigenvalue weighted by atomic mass is 16.5. The molecular formula is C16H16N4O5. The molecule has 0 unspecified atom stereocenters. The number of amides is 4. The number of nitrogens with two attached hydrogens (primary N) is 1. The van der Waals surface area contributed by atoms with Gasteiger partial charge in [0.15, 0.2) is 6.61 Å². The normalized spacial score (nSPS) is 9.96. The van der Waals surface area contributed by atoms with Gasteiger partial charge in [-0.05, 0) is 36.4 Å². The zero-order valence-electron chi connectivity index (χ0n) is 13.3. The highest BCUT2D eigenvalue weighted by Gasteiger charge is 2.15. The fourth-order valence-corrected chi connectivity index (χ4v) is 1.97. The largest absolute Gasteiger partial charge is 0.452 e. The summed E-state index contributed by atoms with van der Waals surface area (Å²) in [6, 6.07) is 8.21. The molecular weight excluding hydrogens is 328 g/mol. The average Bonchev–Trinajstić information content (AvgIpc) is 2.99. The molecule has 0 fully saturated rings. The number of aromatic nitrogens is 1. The third-order valence-electron chi connectivity index (χ3n) is 3.15. The summed E-state index contributed by atoms with van der Waals surface area (Å²) in [6.07, 6.45) is 1.66. The Balaban J connectivity index is 1.84. The van der Waals surface area contributed by atoms with Crippen molar-refractivity contribution in [2.24, 2.45) is 12.8 Å². The molecule has 4 amide bonds. The van der Waals surface area contributed by atoms with Crippen molar-refractivity contribution in [2.45, 2.75) is 0 Å². The molecule has 0 spiro atoms. The monoisotopic (exact) mass is 344 g/mol. The lowest BCUT2D eigenvalue weighted by Crippen LogP contribution is -2.35. The van der Waals surface area contributed by atoms with Crippen LogP contribution in [-0.2, 0) is 16.6 Å². The van der Waals surface area contributed by atoms with Crippen molar-refractivity contribution in [1.82, 2.24) is 9.88 Å². The fraction of sp³-hybridized carbons (Fsp3) is 0.125. The van der Waals surface area contributed by atoms with Crippen molar-refractivity contribution < 1.29 is 23.9 Å². The minimum atomic E-state index is -0.744. The van der Waals surface area contributed by atoms with Crippen LogP contribution in [0.5, 0.6) is 0 Å². The Morgan fingerprint density at radius 1 is 1.12 bits per heavy atom. The summed E-state index contributed by atoms with van der Waals surface area (Å²) < 4.78 is 6.39. The SMILES string of the molecule is Cn1cccc1C(=O)NC(=O)COC(=O)c1ccc(NC(N)=O)cc1. The van der Waals surface area contributed by atoms with E-state index < -0.39 is 30.4 Å². The van der Waals surface area contributed by atoms with Crippen molar-refractivity contribution in [2.75, 3.05) is 11.9 Å². The third kappa shape index (κ3) is 4.93. The smallest absolute Gasteiger partial charge is 0.338 e. The van der Waals surface area contributed by atoms with Gasteiger partial charge in [0.2, 0.25) is 0 Å². The van der Waals surface area contributed by atoms with Crippen LogP contribution in [-0.4, -0.2) is 35.0 Å². The fourth-order valence-electron chi connectivity index (χ4n) is 1.97. The predicted octanol–water partition coefficient (Wildman–Crippen LogP) is 0.629. The Bertz CT molecular complexity index is 810. The molecule has 9 nitrogen and oxygen atoms in total. The molecule has 0 saturated carbocycles. The van der Waals surface area contributed by atoms with Gasteiger partial charge in [-0.3, -0.25) is 14.9 Å². The van der Waals surface area contributed by atoms with Gasteiger partial charge in [-0.15, -0.1) is 0 Å². The first-order valence-electron chi connectivity index (χ1n) is 7.16. The van der Waals surface area contributed by atoms with Gasteiger partial charge in [-0.2, -0.15) is 0 Å². The maximum Gasteiger partial charge on any atom is 0.338 e. The zero-order chi connectivity index (χ0) is 18.4.